The number of nitrogens with one attached hydrogen (secondary N) is 1. The van der Waals surface area contributed by atoms with Gasteiger partial charge in [-0.25, -0.2) is 22.5 Å². The van der Waals surface area contributed by atoms with E-state index in [9.17, 15) is 17.9 Å². The summed E-state index contributed by atoms with van der Waals surface area (Å²) in [5.74, 6) is -0.704. The van der Waals surface area contributed by atoms with Gasteiger partial charge in [-0.05, 0) is 31.4 Å². The van der Waals surface area contributed by atoms with Crippen molar-refractivity contribution in [2.24, 2.45) is 5.92 Å². The zero-order valence-electron chi connectivity index (χ0n) is 11.2. The van der Waals surface area contributed by atoms with Gasteiger partial charge in [0.25, 0.3) is 10.0 Å². The van der Waals surface area contributed by atoms with Crippen LogP contribution in [0.3, 0.4) is 0 Å². The number of aromatic nitrogens is 1. The molecule has 0 spiro atoms. The van der Waals surface area contributed by atoms with E-state index in [0.29, 0.717) is 6.42 Å². The van der Waals surface area contributed by atoms with Gasteiger partial charge in [0.1, 0.15) is 0 Å². The van der Waals surface area contributed by atoms with Gasteiger partial charge in [-0.1, -0.05) is 13.8 Å². The molecule has 1 aromatic heterocycles. The summed E-state index contributed by atoms with van der Waals surface area (Å²) in [6.45, 7) is 5.18. The highest BCUT2D eigenvalue weighted by Gasteiger charge is 2.27. The van der Waals surface area contributed by atoms with Crippen LogP contribution >= 0.6 is 0 Å². The zero-order valence-corrected chi connectivity index (χ0v) is 12.0. The molecule has 0 aliphatic heterocycles. The van der Waals surface area contributed by atoms with Crippen LogP contribution in [-0.4, -0.2) is 30.7 Å². The topological polar surface area (TPSA) is 79.3 Å². The van der Waals surface area contributed by atoms with E-state index in [0.717, 1.165) is 6.07 Å². The molecular weight excluding hydrogens is 271 g/mol. The molecule has 1 unspecified atom stereocenters. The minimum Gasteiger partial charge on any atom is -0.389 e. The zero-order chi connectivity index (χ0) is 14.7. The highest BCUT2D eigenvalue weighted by molar-refractivity contribution is 7.89. The van der Waals surface area contributed by atoms with Crippen LogP contribution in [0.25, 0.3) is 0 Å². The van der Waals surface area contributed by atoms with Crippen LogP contribution in [0.1, 0.15) is 27.2 Å². The smallest absolute Gasteiger partial charge is 0.261 e. The fourth-order valence-electron chi connectivity index (χ4n) is 1.84. The van der Waals surface area contributed by atoms with Gasteiger partial charge in [-0.15, -0.1) is 0 Å². The first-order chi connectivity index (χ1) is 8.64. The second kappa shape index (κ2) is 5.94. The molecule has 0 amide bonds. The summed E-state index contributed by atoms with van der Waals surface area (Å²) in [4.78, 5) is 3.50. The fourth-order valence-corrected chi connectivity index (χ4v) is 3.00. The molecule has 5 nitrogen and oxygen atoms in total. The molecule has 0 saturated heterocycles. The van der Waals surface area contributed by atoms with Crippen LogP contribution in [0, 0.1) is 11.7 Å². The quantitative estimate of drug-likeness (QED) is 0.827. The third kappa shape index (κ3) is 4.85. The predicted octanol–water partition coefficient (Wildman–Crippen LogP) is 1.30. The average Bonchev–Trinajstić information content (AvgIpc) is 2.25. The lowest BCUT2D eigenvalue weighted by Gasteiger charge is -2.25. The molecule has 2 N–H and O–H groups in total. The first kappa shape index (κ1) is 16.0. The molecule has 19 heavy (non-hydrogen) atoms. The molecule has 0 aliphatic carbocycles. The maximum absolute atomic E-state index is 13.4. The molecule has 1 aromatic rings. The van der Waals surface area contributed by atoms with Crippen molar-refractivity contribution in [3.05, 3.63) is 24.1 Å². The summed E-state index contributed by atoms with van der Waals surface area (Å²) in [7, 11) is -4.06. The highest BCUT2D eigenvalue weighted by atomic mass is 32.2. The van der Waals surface area contributed by atoms with Crippen LogP contribution in [0.2, 0.25) is 0 Å². The molecule has 0 fully saturated rings. The van der Waals surface area contributed by atoms with Crippen LogP contribution < -0.4 is 4.72 Å². The van der Waals surface area contributed by atoms with Crippen molar-refractivity contribution in [1.82, 2.24) is 9.71 Å². The maximum Gasteiger partial charge on any atom is 0.261 e. The number of rotatable bonds is 6. The third-order valence-electron chi connectivity index (χ3n) is 2.47. The van der Waals surface area contributed by atoms with E-state index < -0.39 is 26.5 Å². The predicted molar refractivity (Wildman–Crippen MR) is 69.5 cm³/mol. The van der Waals surface area contributed by atoms with Gasteiger partial charge < -0.3 is 5.11 Å². The molecular formula is C12H19FN2O3S. The summed E-state index contributed by atoms with van der Waals surface area (Å²) >= 11 is 0. The van der Waals surface area contributed by atoms with Gasteiger partial charge in [0.15, 0.2) is 5.82 Å². The summed E-state index contributed by atoms with van der Waals surface area (Å²) in [5, 5.41) is 9.37. The van der Waals surface area contributed by atoms with Crippen LogP contribution in [0.4, 0.5) is 4.39 Å². The second-order valence-electron chi connectivity index (χ2n) is 5.21. The van der Waals surface area contributed by atoms with Crippen molar-refractivity contribution in [2.75, 3.05) is 6.54 Å². The van der Waals surface area contributed by atoms with Crippen LogP contribution in [0.5, 0.6) is 0 Å². The molecule has 1 atom stereocenters. The molecule has 0 aromatic carbocycles. The molecule has 0 aliphatic rings. The van der Waals surface area contributed by atoms with E-state index in [1.807, 2.05) is 13.8 Å². The average molecular weight is 290 g/mol. The van der Waals surface area contributed by atoms with Crippen molar-refractivity contribution in [1.29, 1.82) is 0 Å². The third-order valence-corrected chi connectivity index (χ3v) is 3.80. The van der Waals surface area contributed by atoms with Crippen LogP contribution in [-0.2, 0) is 10.0 Å². The molecule has 108 valence electrons. The lowest BCUT2D eigenvalue weighted by Crippen LogP contribution is -2.41. The first-order valence-electron chi connectivity index (χ1n) is 5.96. The summed E-state index contributed by atoms with van der Waals surface area (Å²) in [6, 6.07) is 2.33. The molecule has 0 bridgehead atoms. The van der Waals surface area contributed by atoms with E-state index in [4.69, 9.17) is 0 Å². The Hall–Kier alpha value is -1.05. The van der Waals surface area contributed by atoms with Gasteiger partial charge >= 0.3 is 0 Å². The van der Waals surface area contributed by atoms with Crippen molar-refractivity contribution < 1.29 is 17.9 Å². The second-order valence-corrected chi connectivity index (χ2v) is 6.89. The Morgan fingerprint density at radius 3 is 2.68 bits per heavy atom. The molecule has 0 radical (unpaired) electrons. The molecule has 0 saturated carbocycles. The highest BCUT2D eigenvalue weighted by Crippen LogP contribution is 2.17. The Labute approximate surface area is 112 Å². The Morgan fingerprint density at radius 1 is 1.53 bits per heavy atom. The normalized spacial score (nSPS) is 15.5. The number of hydrogen-bond acceptors (Lipinski definition) is 4. The van der Waals surface area contributed by atoms with Gasteiger partial charge in [-0.2, -0.15) is 0 Å². The van der Waals surface area contributed by atoms with Gasteiger partial charge in [0.05, 0.1) is 5.60 Å². The summed E-state index contributed by atoms with van der Waals surface area (Å²) in [6.07, 6.45) is 1.63. The van der Waals surface area contributed by atoms with E-state index in [1.54, 1.807) is 0 Å². The van der Waals surface area contributed by atoms with E-state index in [1.165, 1.54) is 19.2 Å². The van der Waals surface area contributed by atoms with E-state index >= 15 is 0 Å². The number of pyridine rings is 1. The SMILES string of the molecule is CC(C)CC(C)(O)CNS(=O)(=O)c1ncccc1F. The van der Waals surface area contributed by atoms with Gasteiger partial charge in [-0.3, -0.25) is 0 Å². The summed E-state index contributed by atoms with van der Waals surface area (Å²) < 4.78 is 39.3. The van der Waals surface area contributed by atoms with E-state index in [-0.39, 0.29) is 12.5 Å². The lowest BCUT2D eigenvalue weighted by molar-refractivity contribution is 0.0436. The van der Waals surface area contributed by atoms with Crippen LogP contribution in [0.15, 0.2) is 23.4 Å². The minimum absolute atomic E-state index is 0.191. The molecule has 1 heterocycles. The van der Waals surface area contributed by atoms with Crippen molar-refractivity contribution in [2.45, 2.75) is 37.8 Å². The first-order valence-corrected chi connectivity index (χ1v) is 7.45. The Kier molecular flexibility index (Phi) is 5.00. The van der Waals surface area contributed by atoms with Crippen molar-refractivity contribution in [3.8, 4) is 0 Å². The largest absolute Gasteiger partial charge is 0.389 e. The number of hydrogen-bond donors (Lipinski definition) is 2. The van der Waals surface area contributed by atoms with Crippen molar-refractivity contribution >= 4 is 10.0 Å². The lowest BCUT2D eigenvalue weighted by atomic mass is 9.95. The van der Waals surface area contributed by atoms with Crippen molar-refractivity contribution in [3.63, 3.8) is 0 Å². The maximum atomic E-state index is 13.4. The summed E-state index contributed by atoms with van der Waals surface area (Å²) in [5.41, 5.74) is -1.19. The standard InChI is InChI=1S/C12H19FN2O3S/c1-9(2)7-12(3,16)8-15-19(17,18)11-10(13)5-4-6-14-11/h4-6,9,15-16H,7-8H2,1-3H3. The minimum atomic E-state index is -4.06. The van der Waals surface area contributed by atoms with Gasteiger partial charge in [0, 0.05) is 12.7 Å². The number of sulfonamides is 1. The molecule has 1 rings (SSSR count). The van der Waals surface area contributed by atoms with E-state index in [2.05, 4.69) is 9.71 Å². The monoisotopic (exact) mass is 290 g/mol. The fraction of sp³-hybridized carbons (Fsp3) is 0.583. The Bertz CT molecular complexity index is 530. The number of nitrogens with zero attached hydrogens (tertiary/aromatic N) is 1. The Balaban J connectivity index is 2.80. The number of halogens is 1. The number of aliphatic hydroxyl groups is 1. The van der Waals surface area contributed by atoms with Gasteiger partial charge in [0.2, 0.25) is 5.03 Å². The molecule has 7 heteroatoms. The Morgan fingerprint density at radius 2 is 2.16 bits per heavy atom.